The maximum atomic E-state index is 13.4. The van der Waals surface area contributed by atoms with Crippen LogP contribution in [0.1, 0.15) is 49.9 Å². The zero-order valence-electron chi connectivity index (χ0n) is 22.5. The number of phenols is 3. The van der Waals surface area contributed by atoms with E-state index in [-0.39, 0.29) is 34.8 Å². The number of hydrogen-bond acceptors (Lipinski definition) is 8. The number of esters is 2. The highest BCUT2D eigenvalue weighted by molar-refractivity contribution is 6.11. The van der Waals surface area contributed by atoms with Crippen LogP contribution in [0.2, 0.25) is 0 Å². The largest absolute Gasteiger partial charge is 0.508 e. The Kier molecular flexibility index (Phi) is 8.56. The molecule has 0 amide bonds. The lowest BCUT2D eigenvalue weighted by molar-refractivity contribution is -0.169. The van der Waals surface area contributed by atoms with Crippen molar-refractivity contribution in [3.63, 3.8) is 0 Å². The standard InChI is InChI=1S/C30H34O8/c1-17(2)7-10-20-13-19(9-12-23(20)31)16-30(29(35)37-6)25(27(36-5)28(34)38-30)22-14-21(11-8-18(3)4)26(33)24(32)15-22/h7-9,12-15,31-33H,10-11,16H2,1-6H3/t30-/m0/s1. The molecule has 1 heterocycles. The molecule has 0 bridgehead atoms. The molecule has 202 valence electrons. The minimum atomic E-state index is -1.95. The van der Waals surface area contributed by atoms with E-state index in [1.54, 1.807) is 18.2 Å². The number of rotatable bonds is 9. The van der Waals surface area contributed by atoms with Crippen LogP contribution in [0.4, 0.5) is 0 Å². The van der Waals surface area contributed by atoms with Crippen molar-refractivity contribution in [2.45, 2.75) is 52.6 Å². The number of methoxy groups -OCH3 is 2. The molecule has 0 saturated heterocycles. The molecule has 0 saturated carbocycles. The maximum absolute atomic E-state index is 13.4. The SMILES string of the molecule is COC(=O)[C@@]1(Cc2ccc(O)c(CC=C(C)C)c2)OC(=O)C(OC)=C1c1cc(O)c(O)c(CC=C(C)C)c1. The van der Waals surface area contributed by atoms with E-state index in [4.69, 9.17) is 14.2 Å². The van der Waals surface area contributed by atoms with Crippen molar-refractivity contribution in [3.8, 4) is 17.2 Å². The van der Waals surface area contributed by atoms with Crippen LogP contribution in [0.3, 0.4) is 0 Å². The Morgan fingerprint density at radius 3 is 2.13 bits per heavy atom. The van der Waals surface area contributed by atoms with E-state index in [9.17, 15) is 24.9 Å². The van der Waals surface area contributed by atoms with Crippen molar-refractivity contribution in [3.05, 3.63) is 81.6 Å². The molecule has 3 rings (SSSR count). The Morgan fingerprint density at radius 1 is 0.921 bits per heavy atom. The molecule has 1 aliphatic heterocycles. The molecule has 2 aromatic rings. The number of carbonyl (C=O) groups excluding carboxylic acids is 2. The summed E-state index contributed by atoms with van der Waals surface area (Å²) in [4.78, 5) is 26.4. The van der Waals surface area contributed by atoms with Crippen molar-refractivity contribution >= 4 is 17.5 Å². The molecule has 8 heteroatoms. The summed E-state index contributed by atoms with van der Waals surface area (Å²) in [7, 11) is 2.47. The molecule has 1 atom stereocenters. The monoisotopic (exact) mass is 522 g/mol. The maximum Gasteiger partial charge on any atom is 0.375 e. The topological polar surface area (TPSA) is 123 Å². The highest BCUT2D eigenvalue weighted by Gasteiger charge is 2.56. The first-order valence-corrected chi connectivity index (χ1v) is 12.2. The third kappa shape index (κ3) is 5.69. The van der Waals surface area contributed by atoms with Crippen molar-refractivity contribution in [2.24, 2.45) is 0 Å². The van der Waals surface area contributed by atoms with E-state index < -0.39 is 23.3 Å². The number of hydrogen-bond donors (Lipinski definition) is 3. The van der Waals surface area contributed by atoms with Gasteiger partial charge in [0.1, 0.15) is 5.75 Å². The first kappa shape index (κ1) is 28.4. The van der Waals surface area contributed by atoms with E-state index in [0.717, 1.165) is 11.1 Å². The second-order valence-electron chi connectivity index (χ2n) is 9.73. The zero-order chi connectivity index (χ0) is 28.2. The van der Waals surface area contributed by atoms with Crippen LogP contribution in [0.25, 0.3) is 5.57 Å². The minimum absolute atomic E-state index is 0.0736. The summed E-state index contributed by atoms with van der Waals surface area (Å²) < 4.78 is 16.2. The van der Waals surface area contributed by atoms with E-state index in [0.29, 0.717) is 29.5 Å². The normalized spacial score (nSPS) is 16.6. The number of aromatic hydroxyl groups is 3. The molecule has 0 unspecified atom stereocenters. The minimum Gasteiger partial charge on any atom is -0.508 e. The fourth-order valence-corrected chi connectivity index (χ4v) is 4.40. The smallest absolute Gasteiger partial charge is 0.375 e. The van der Waals surface area contributed by atoms with Gasteiger partial charge in [-0.2, -0.15) is 0 Å². The summed E-state index contributed by atoms with van der Waals surface area (Å²) in [5.74, 6) is -2.55. The molecule has 0 aliphatic carbocycles. The average Bonchev–Trinajstić information content (AvgIpc) is 3.15. The molecule has 0 radical (unpaired) electrons. The van der Waals surface area contributed by atoms with Crippen molar-refractivity contribution < 1.29 is 39.1 Å². The van der Waals surface area contributed by atoms with Gasteiger partial charge >= 0.3 is 11.9 Å². The lowest BCUT2D eigenvalue weighted by Crippen LogP contribution is -2.44. The lowest BCUT2D eigenvalue weighted by Gasteiger charge is -2.28. The Balaban J connectivity index is 2.23. The predicted molar refractivity (Wildman–Crippen MR) is 143 cm³/mol. The van der Waals surface area contributed by atoms with Crippen LogP contribution in [-0.2, 0) is 43.1 Å². The van der Waals surface area contributed by atoms with Gasteiger partial charge in [-0.05, 0) is 75.4 Å². The molecular formula is C30H34O8. The molecule has 2 aromatic carbocycles. The molecule has 0 fully saturated rings. The van der Waals surface area contributed by atoms with Gasteiger partial charge in [-0.3, -0.25) is 0 Å². The van der Waals surface area contributed by atoms with Gasteiger partial charge in [-0.15, -0.1) is 0 Å². The second-order valence-corrected chi connectivity index (χ2v) is 9.73. The molecular weight excluding hydrogens is 488 g/mol. The number of benzene rings is 2. The van der Waals surface area contributed by atoms with Gasteiger partial charge in [0.2, 0.25) is 11.4 Å². The number of carbonyl (C=O) groups is 2. The Morgan fingerprint density at radius 2 is 1.55 bits per heavy atom. The molecule has 8 nitrogen and oxygen atoms in total. The lowest BCUT2D eigenvalue weighted by atomic mass is 9.82. The highest BCUT2D eigenvalue weighted by atomic mass is 16.6. The van der Waals surface area contributed by atoms with Crippen LogP contribution in [0.5, 0.6) is 17.2 Å². The average molecular weight is 523 g/mol. The van der Waals surface area contributed by atoms with Gasteiger partial charge in [0.25, 0.3) is 0 Å². The molecule has 1 aliphatic rings. The Bertz CT molecular complexity index is 1340. The van der Waals surface area contributed by atoms with Gasteiger partial charge in [-0.1, -0.05) is 35.4 Å². The van der Waals surface area contributed by atoms with Gasteiger partial charge in [0.15, 0.2) is 11.5 Å². The van der Waals surface area contributed by atoms with Crippen molar-refractivity contribution in [1.82, 2.24) is 0 Å². The number of phenolic OH excluding ortho intramolecular Hbond substituents is 3. The third-order valence-corrected chi connectivity index (χ3v) is 6.32. The van der Waals surface area contributed by atoms with Gasteiger partial charge in [0.05, 0.1) is 19.8 Å². The summed E-state index contributed by atoms with van der Waals surface area (Å²) in [5.41, 5.74) is 2.09. The summed E-state index contributed by atoms with van der Waals surface area (Å²) in [6, 6.07) is 7.74. The van der Waals surface area contributed by atoms with Crippen molar-refractivity contribution in [1.29, 1.82) is 0 Å². The van der Waals surface area contributed by atoms with Crippen molar-refractivity contribution in [2.75, 3.05) is 14.2 Å². The third-order valence-electron chi connectivity index (χ3n) is 6.32. The van der Waals surface area contributed by atoms with Crippen LogP contribution in [0, 0.1) is 0 Å². The quantitative estimate of drug-likeness (QED) is 0.242. The van der Waals surface area contributed by atoms with Crippen LogP contribution in [0.15, 0.2) is 59.4 Å². The fraction of sp³-hybridized carbons (Fsp3) is 0.333. The van der Waals surface area contributed by atoms with Gasteiger partial charge in [-0.25, -0.2) is 9.59 Å². The first-order valence-electron chi connectivity index (χ1n) is 12.2. The zero-order valence-corrected chi connectivity index (χ0v) is 22.5. The van der Waals surface area contributed by atoms with Gasteiger partial charge < -0.3 is 29.5 Å². The predicted octanol–water partition coefficient (Wildman–Crippen LogP) is 4.89. The Labute approximate surface area is 222 Å². The Hall–Kier alpha value is -4.20. The number of allylic oxidation sites excluding steroid dienone is 4. The first-order chi connectivity index (χ1) is 17.9. The summed E-state index contributed by atoms with van der Waals surface area (Å²) in [6.45, 7) is 7.71. The fourth-order valence-electron chi connectivity index (χ4n) is 4.40. The molecule has 0 spiro atoms. The van der Waals surface area contributed by atoms with Crippen LogP contribution >= 0.6 is 0 Å². The van der Waals surface area contributed by atoms with Crippen LogP contribution in [-0.4, -0.2) is 47.1 Å². The molecule has 38 heavy (non-hydrogen) atoms. The molecule has 3 N–H and O–H groups in total. The second kappa shape index (κ2) is 11.5. The number of cyclic esters (lactones) is 1. The van der Waals surface area contributed by atoms with Crippen LogP contribution < -0.4 is 0 Å². The summed E-state index contributed by atoms with van der Waals surface area (Å²) in [5, 5.41) is 31.4. The van der Waals surface area contributed by atoms with E-state index >= 15 is 0 Å². The summed E-state index contributed by atoms with van der Waals surface area (Å²) >= 11 is 0. The van der Waals surface area contributed by atoms with Gasteiger partial charge in [0, 0.05) is 12.0 Å². The highest BCUT2D eigenvalue weighted by Crippen LogP contribution is 2.46. The molecule has 0 aromatic heterocycles. The number of ether oxygens (including phenoxy) is 3. The van der Waals surface area contributed by atoms with E-state index in [2.05, 4.69) is 0 Å². The van der Waals surface area contributed by atoms with E-state index in [1.165, 1.54) is 26.4 Å². The summed E-state index contributed by atoms with van der Waals surface area (Å²) in [6.07, 6.45) is 4.49. The van der Waals surface area contributed by atoms with E-state index in [1.807, 2.05) is 39.8 Å².